The number of hydrogen-bond donors (Lipinski definition) is 1. The van der Waals surface area contributed by atoms with E-state index >= 15 is 0 Å². The van der Waals surface area contributed by atoms with Crippen LogP contribution in [-0.4, -0.2) is 36.7 Å². The predicted octanol–water partition coefficient (Wildman–Crippen LogP) is 2.80. The van der Waals surface area contributed by atoms with E-state index in [0.29, 0.717) is 5.65 Å². The van der Waals surface area contributed by atoms with Crippen molar-refractivity contribution in [2.24, 2.45) is 0 Å². The molecule has 3 aromatic heterocycles. The van der Waals surface area contributed by atoms with Crippen LogP contribution in [0.15, 0.2) is 49.1 Å². The molecule has 1 N–H and O–H groups in total. The SMILES string of the molecule is COc1ccc(-n2cc(C(C)Nc3cc(C)nn4cnnc34)cn2)cc1. The van der Waals surface area contributed by atoms with Crippen LogP contribution in [0.3, 0.4) is 0 Å². The fourth-order valence-corrected chi connectivity index (χ4v) is 2.81. The average Bonchev–Trinajstić information content (AvgIpc) is 3.31. The Morgan fingerprint density at radius 1 is 1.19 bits per heavy atom. The summed E-state index contributed by atoms with van der Waals surface area (Å²) in [5, 5.41) is 20.4. The van der Waals surface area contributed by atoms with Gasteiger partial charge in [-0.2, -0.15) is 14.7 Å². The van der Waals surface area contributed by atoms with Crippen LogP contribution in [-0.2, 0) is 0 Å². The molecule has 132 valence electrons. The molecule has 0 aliphatic carbocycles. The van der Waals surface area contributed by atoms with Crippen molar-refractivity contribution >= 4 is 11.3 Å². The van der Waals surface area contributed by atoms with E-state index in [2.05, 4.69) is 32.6 Å². The minimum absolute atomic E-state index is 0.0456. The van der Waals surface area contributed by atoms with E-state index in [0.717, 1.165) is 28.4 Å². The molecule has 0 aliphatic rings. The predicted molar refractivity (Wildman–Crippen MR) is 97.7 cm³/mol. The Balaban J connectivity index is 1.57. The van der Waals surface area contributed by atoms with Gasteiger partial charge < -0.3 is 10.1 Å². The number of aryl methyl sites for hydroxylation is 1. The van der Waals surface area contributed by atoms with Crippen molar-refractivity contribution < 1.29 is 4.74 Å². The van der Waals surface area contributed by atoms with Gasteiger partial charge in [-0.25, -0.2) is 4.68 Å². The molecule has 0 saturated heterocycles. The Morgan fingerprint density at radius 3 is 2.77 bits per heavy atom. The topological polar surface area (TPSA) is 82.2 Å². The normalized spacial score (nSPS) is 12.3. The number of nitrogens with one attached hydrogen (secondary N) is 1. The number of ether oxygens (including phenoxy) is 1. The monoisotopic (exact) mass is 349 g/mol. The summed E-state index contributed by atoms with van der Waals surface area (Å²) >= 11 is 0. The molecular formula is C18H19N7O. The Bertz CT molecular complexity index is 1040. The zero-order valence-corrected chi connectivity index (χ0v) is 14.8. The van der Waals surface area contributed by atoms with Crippen molar-refractivity contribution in [2.45, 2.75) is 19.9 Å². The first-order valence-corrected chi connectivity index (χ1v) is 8.27. The lowest BCUT2D eigenvalue weighted by Crippen LogP contribution is -2.08. The smallest absolute Gasteiger partial charge is 0.200 e. The van der Waals surface area contributed by atoms with Gasteiger partial charge in [-0.15, -0.1) is 10.2 Å². The molecule has 0 spiro atoms. The number of rotatable bonds is 5. The van der Waals surface area contributed by atoms with Crippen LogP contribution in [0.2, 0.25) is 0 Å². The molecule has 1 aromatic carbocycles. The van der Waals surface area contributed by atoms with Crippen molar-refractivity contribution in [3.05, 3.63) is 60.3 Å². The highest BCUT2D eigenvalue weighted by Gasteiger charge is 2.13. The third kappa shape index (κ3) is 2.97. The van der Waals surface area contributed by atoms with Crippen LogP contribution >= 0.6 is 0 Å². The number of hydrogen-bond acceptors (Lipinski definition) is 6. The first-order chi connectivity index (χ1) is 12.6. The molecule has 4 aromatic rings. The molecule has 4 rings (SSSR count). The van der Waals surface area contributed by atoms with E-state index in [-0.39, 0.29) is 6.04 Å². The first-order valence-electron chi connectivity index (χ1n) is 8.27. The number of benzene rings is 1. The quantitative estimate of drug-likeness (QED) is 0.597. The van der Waals surface area contributed by atoms with Crippen molar-refractivity contribution in [2.75, 3.05) is 12.4 Å². The number of nitrogens with zero attached hydrogens (tertiary/aromatic N) is 6. The second-order valence-electron chi connectivity index (χ2n) is 6.08. The molecule has 1 unspecified atom stereocenters. The molecule has 8 heteroatoms. The summed E-state index contributed by atoms with van der Waals surface area (Å²) < 4.78 is 8.71. The molecule has 0 saturated carbocycles. The van der Waals surface area contributed by atoms with Crippen LogP contribution in [0.4, 0.5) is 5.69 Å². The summed E-state index contributed by atoms with van der Waals surface area (Å²) in [6, 6.07) is 9.79. The minimum atomic E-state index is 0.0456. The Kier molecular flexibility index (Phi) is 4.00. The van der Waals surface area contributed by atoms with Crippen LogP contribution in [0.25, 0.3) is 11.3 Å². The lowest BCUT2D eigenvalue weighted by molar-refractivity contribution is 0.414. The Hall–Kier alpha value is -3.42. The minimum Gasteiger partial charge on any atom is -0.497 e. The third-order valence-electron chi connectivity index (χ3n) is 4.20. The summed E-state index contributed by atoms with van der Waals surface area (Å²) in [5.41, 5.74) is 4.52. The largest absolute Gasteiger partial charge is 0.497 e. The van der Waals surface area contributed by atoms with E-state index in [1.807, 2.05) is 54.3 Å². The van der Waals surface area contributed by atoms with Crippen molar-refractivity contribution in [3.8, 4) is 11.4 Å². The Labute approximate surface area is 150 Å². The maximum Gasteiger partial charge on any atom is 0.200 e. The number of aromatic nitrogens is 6. The third-order valence-corrected chi connectivity index (χ3v) is 4.20. The lowest BCUT2D eigenvalue weighted by atomic mass is 10.2. The number of methoxy groups -OCH3 is 1. The van der Waals surface area contributed by atoms with Gasteiger partial charge in [0.15, 0.2) is 0 Å². The summed E-state index contributed by atoms with van der Waals surface area (Å²) in [6.45, 7) is 4.02. The molecule has 0 amide bonds. The molecule has 0 bridgehead atoms. The number of anilines is 1. The van der Waals surface area contributed by atoms with Crippen molar-refractivity contribution in [1.29, 1.82) is 0 Å². The summed E-state index contributed by atoms with van der Waals surface area (Å²) in [7, 11) is 1.65. The number of fused-ring (bicyclic) bond motifs is 1. The highest BCUT2D eigenvalue weighted by molar-refractivity contribution is 5.67. The van der Waals surface area contributed by atoms with Gasteiger partial charge in [-0.3, -0.25) is 0 Å². The van der Waals surface area contributed by atoms with Gasteiger partial charge in [-0.1, -0.05) is 0 Å². The van der Waals surface area contributed by atoms with Gasteiger partial charge in [0.05, 0.1) is 36.4 Å². The highest BCUT2D eigenvalue weighted by Crippen LogP contribution is 2.23. The lowest BCUT2D eigenvalue weighted by Gasteiger charge is -2.14. The van der Waals surface area contributed by atoms with Gasteiger partial charge in [0.2, 0.25) is 5.65 Å². The van der Waals surface area contributed by atoms with Crippen LogP contribution in [0.1, 0.15) is 24.2 Å². The molecule has 3 heterocycles. The van der Waals surface area contributed by atoms with Gasteiger partial charge in [-0.05, 0) is 44.2 Å². The summed E-state index contributed by atoms with van der Waals surface area (Å²) in [4.78, 5) is 0. The van der Waals surface area contributed by atoms with Crippen molar-refractivity contribution in [3.63, 3.8) is 0 Å². The molecule has 26 heavy (non-hydrogen) atoms. The maximum atomic E-state index is 5.20. The zero-order valence-electron chi connectivity index (χ0n) is 14.8. The van der Waals surface area contributed by atoms with E-state index in [9.17, 15) is 0 Å². The molecule has 0 aliphatic heterocycles. The van der Waals surface area contributed by atoms with E-state index < -0.39 is 0 Å². The maximum absolute atomic E-state index is 5.20. The molecule has 8 nitrogen and oxygen atoms in total. The Morgan fingerprint density at radius 2 is 2.00 bits per heavy atom. The molecule has 0 fully saturated rings. The van der Waals surface area contributed by atoms with E-state index in [4.69, 9.17) is 4.74 Å². The fourth-order valence-electron chi connectivity index (χ4n) is 2.81. The molecular weight excluding hydrogens is 330 g/mol. The van der Waals surface area contributed by atoms with E-state index in [1.165, 1.54) is 0 Å². The van der Waals surface area contributed by atoms with Crippen LogP contribution in [0.5, 0.6) is 5.75 Å². The standard InChI is InChI=1S/C18H19N7O/c1-12-8-17(18-22-19-11-25(18)23-12)21-13(2)14-9-20-24(10-14)15-4-6-16(26-3)7-5-15/h4-11,13,21H,1-3H3. The second kappa shape index (κ2) is 6.47. The first kappa shape index (κ1) is 16.1. The van der Waals surface area contributed by atoms with Gasteiger partial charge in [0, 0.05) is 11.8 Å². The van der Waals surface area contributed by atoms with Gasteiger partial charge in [0.1, 0.15) is 12.1 Å². The fraction of sp³-hybridized carbons (Fsp3) is 0.222. The van der Waals surface area contributed by atoms with Crippen LogP contribution in [0, 0.1) is 6.92 Å². The van der Waals surface area contributed by atoms with E-state index in [1.54, 1.807) is 18.0 Å². The average molecular weight is 349 g/mol. The highest BCUT2D eigenvalue weighted by atomic mass is 16.5. The van der Waals surface area contributed by atoms with Gasteiger partial charge in [0.25, 0.3) is 0 Å². The van der Waals surface area contributed by atoms with Crippen molar-refractivity contribution in [1.82, 2.24) is 29.6 Å². The van der Waals surface area contributed by atoms with Gasteiger partial charge >= 0.3 is 0 Å². The molecule has 0 radical (unpaired) electrons. The molecule has 1 atom stereocenters. The van der Waals surface area contributed by atoms with Crippen LogP contribution < -0.4 is 10.1 Å². The summed E-state index contributed by atoms with van der Waals surface area (Å²) in [5.74, 6) is 0.821. The summed E-state index contributed by atoms with van der Waals surface area (Å²) in [6.07, 6.45) is 5.46. The second-order valence-corrected chi connectivity index (χ2v) is 6.08. The zero-order chi connectivity index (χ0) is 18.1.